The van der Waals surface area contributed by atoms with Crippen LogP contribution in [0.25, 0.3) is 33.2 Å². The molecule has 4 aromatic rings. The molecule has 0 unspecified atom stereocenters. The average molecular weight is 262 g/mol. The van der Waals surface area contributed by atoms with E-state index in [-0.39, 0.29) is 5.56 Å². The number of aryl methyl sites for hydroxylation is 1. The van der Waals surface area contributed by atoms with Crippen LogP contribution in [-0.2, 0) is 0 Å². The summed E-state index contributed by atoms with van der Waals surface area (Å²) in [6.45, 7) is -2.13. The van der Waals surface area contributed by atoms with Gasteiger partial charge in [-0.15, -0.1) is 0 Å². The monoisotopic (exact) mass is 262 g/mol. The highest BCUT2D eigenvalue weighted by Gasteiger charge is 2.08. The van der Waals surface area contributed by atoms with Gasteiger partial charge >= 0.3 is 0 Å². The van der Waals surface area contributed by atoms with Crippen LogP contribution in [0.1, 0.15) is 9.68 Å². The Labute approximate surface area is 120 Å². The van der Waals surface area contributed by atoms with Gasteiger partial charge in [0.15, 0.2) is 0 Å². The second-order valence-electron chi connectivity index (χ2n) is 4.74. The van der Waals surface area contributed by atoms with Crippen LogP contribution < -0.4 is 0 Å². The summed E-state index contributed by atoms with van der Waals surface area (Å²) in [6.07, 6.45) is 1.75. The lowest BCUT2D eigenvalue weighted by molar-refractivity contribution is 0.668. The summed E-state index contributed by atoms with van der Waals surface area (Å²) < 4.78 is 28.4. The number of nitrogens with zero attached hydrogens (tertiary/aromatic N) is 1. The molecule has 2 nitrogen and oxygen atoms in total. The normalized spacial score (nSPS) is 14.1. The lowest BCUT2D eigenvalue weighted by atomic mass is 10.1. The Morgan fingerprint density at radius 3 is 2.60 bits per heavy atom. The van der Waals surface area contributed by atoms with Gasteiger partial charge in [0.2, 0.25) is 0 Å². The first-order chi connectivity index (χ1) is 11.0. The van der Waals surface area contributed by atoms with Gasteiger partial charge in [0.1, 0.15) is 11.2 Å². The van der Waals surface area contributed by atoms with Crippen LogP contribution in [0.5, 0.6) is 0 Å². The Morgan fingerprint density at radius 2 is 1.80 bits per heavy atom. The van der Waals surface area contributed by atoms with E-state index in [1.54, 1.807) is 18.3 Å². The van der Waals surface area contributed by atoms with Gasteiger partial charge in [0.05, 0.1) is 5.69 Å². The molecule has 96 valence electrons. The van der Waals surface area contributed by atoms with Crippen molar-refractivity contribution in [1.82, 2.24) is 4.98 Å². The molecule has 4 rings (SSSR count). The van der Waals surface area contributed by atoms with E-state index in [1.165, 1.54) is 0 Å². The smallest absolute Gasteiger partial charge is 0.136 e. The minimum atomic E-state index is -2.13. The molecule has 2 heterocycles. The zero-order valence-corrected chi connectivity index (χ0v) is 10.6. The van der Waals surface area contributed by atoms with Gasteiger partial charge in [-0.2, -0.15) is 0 Å². The molecule has 0 amide bonds. The Bertz CT molecular complexity index is 1000. The van der Waals surface area contributed by atoms with E-state index in [4.69, 9.17) is 8.53 Å². The summed E-state index contributed by atoms with van der Waals surface area (Å²) in [5, 5.41) is 1.89. The third-order valence-electron chi connectivity index (χ3n) is 3.43. The van der Waals surface area contributed by atoms with Gasteiger partial charge in [-0.3, -0.25) is 4.98 Å². The van der Waals surface area contributed by atoms with E-state index in [0.717, 1.165) is 27.6 Å². The second-order valence-corrected chi connectivity index (χ2v) is 4.74. The van der Waals surface area contributed by atoms with Crippen molar-refractivity contribution in [3.8, 4) is 11.3 Å². The van der Waals surface area contributed by atoms with Crippen LogP contribution in [-0.4, -0.2) is 4.98 Å². The third-order valence-corrected chi connectivity index (χ3v) is 3.43. The fourth-order valence-corrected chi connectivity index (χ4v) is 2.47. The maximum absolute atomic E-state index is 7.51. The van der Waals surface area contributed by atoms with Gasteiger partial charge in [-0.25, -0.2) is 0 Å². The molecule has 0 bridgehead atoms. The number of aromatic nitrogens is 1. The Balaban J connectivity index is 1.91. The predicted octanol–water partition coefficient (Wildman–Crippen LogP) is 4.96. The maximum atomic E-state index is 7.51. The van der Waals surface area contributed by atoms with Crippen molar-refractivity contribution in [1.29, 1.82) is 0 Å². The number of fused-ring (bicyclic) bond motifs is 3. The molecule has 20 heavy (non-hydrogen) atoms. The van der Waals surface area contributed by atoms with Crippen molar-refractivity contribution in [2.24, 2.45) is 0 Å². The van der Waals surface area contributed by atoms with Crippen molar-refractivity contribution >= 4 is 21.9 Å². The Morgan fingerprint density at radius 1 is 0.950 bits per heavy atom. The van der Waals surface area contributed by atoms with E-state index >= 15 is 0 Å². The zero-order chi connectivity index (χ0) is 16.0. The van der Waals surface area contributed by atoms with Crippen LogP contribution in [0.2, 0.25) is 0 Å². The third kappa shape index (κ3) is 1.69. The van der Waals surface area contributed by atoms with Gasteiger partial charge in [-0.1, -0.05) is 24.3 Å². The highest BCUT2D eigenvalue weighted by molar-refractivity contribution is 6.05. The topological polar surface area (TPSA) is 26.0 Å². The lowest BCUT2D eigenvalue weighted by Crippen LogP contribution is -1.80. The summed E-state index contributed by atoms with van der Waals surface area (Å²) in [7, 11) is 0. The molecule has 2 aromatic carbocycles. The van der Waals surface area contributed by atoms with Gasteiger partial charge in [0, 0.05) is 26.6 Å². The molecular formula is C18H13NO. The maximum Gasteiger partial charge on any atom is 0.136 e. The Kier molecular flexibility index (Phi) is 1.79. The Hall–Kier alpha value is -2.61. The van der Waals surface area contributed by atoms with Crippen molar-refractivity contribution in [2.75, 3.05) is 0 Å². The molecule has 2 aromatic heterocycles. The molecular weight excluding hydrogens is 246 g/mol. The number of rotatable bonds is 1. The SMILES string of the molecule is [2H]C([2H])([2H])c1ccc2c(c1)oc1cc(-c3ccccn3)ccc12. The van der Waals surface area contributed by atoms with E-state index in [1.807, 2.05) is 42.5 Å². The molecule has 0 radical (unpaired) electrons. The fraction of sp³-hybridized carbons (Fsp3) is 0.0556. The molecule has 0 aliphatic heterocycles. The standard InChI is InChI=1S/C18H13NO/c1-12-5-7-14-15-8-6-13(16-4-2-3-9-19-16)11-18(15)20-17(14)10-12/h2-11H,1H3/i1D3. The van der Waals surface area contributed by atoms with Crippen LogP contribution in [0.4, 0.5) is 0 Å². The number of benzene rings is 2. The predicted molar refractivity (Wildman–Crippen MR) is 81.7 cm³/mol. The first-order valence-corrected chi connectivity index (χ1v) is 6.40. The summed E-state index contributed by atoms with van der Waals surface area (Å²) in [5.74, 6) is 0. The fourth-order valence-electron chi connectivity index (χ4n) is 2.47. The average Bonchev–Trinajstić information content (AvgIpc) is 2.91. The van der Waals surface area contributed by atoms with Crippen LogP contribution in [0.3, 0.4) is 0 Å². The molecule has 0 N–H and O–H groups in total. The van der Waals surface area contributed by atoms with Crippen molar-refractivity contribution < 1.29 is 8.53 Å². The largest absolute Gasteiger partial charge is 0.456 e. The lowest BCUT2D eigenvalue weighted by Gasteiger charge is -1.99. The molecule has 0 saturated heterocycles. The van der Waals surface area contributed by atoms with Gasteiger partial charge in [0.25, 0.3) is 0 Å². The van der Waals surface area contributed by atoms with Crippen molar-refractivity contribution in [3.63, 3.8) is 0 Å². The van der Waals surface area contributed by atoms with Crippen molar-refractivity contribution in [2.45, 2.75) is 6.85 Å². The molecule has 2 heteroatoms. The second kappa shape index (κ2) is 4.20. The van der Waals surface area contributed by atoms with E-state index in [2.05, 4.69) is 4.98 Å². The summed E-state index contributed by atoms with van der Waals surface area (Å²) in [4.78, 5) is 4.34. The molecule has 0 aliphatic rings. The first-order valence-electron chi connectivity index (χ1n) is 7.90. The number of furan rings is 1. The highest BCUT2D eigenvalue weighted by Crippen LogP contribution is 2.31. The first kappa shape index (κ1) is 8.54. The van der Waals surface area contributed by atoms with Gasteiger partial charge in [-0.05, 0) is 42.7 Å². The number of pyridine rings is 1. The minimum Gasteiger partial charge on any atom is -0.456 e. The zero-order valence-electron chi connectivity index (χ0n) is 13.6. The van der Waals surface area contributed by atoms with Crippen LogP contribution in [0, 0.1) is 6.85 Å². The van der Waals surface area contributed by atoms with Gasteiger partial charge < -0.3 is 4.42 Å². The van der Waals surface area contributed by atoms with E-state index in [0.29, 0.717) is 5.58 Å². The van der Waals surface area contributed by atoms with Crippen molar-refractivity contribution in [3.05, 3.63) is 66.4 Å². The summed E-state index contributed by atoms with van der Waals surface area (Å²) in [5.41, 5.74) is 3.44. The number of hydrogen-bond acceptors (Lipinski definition) is 2. The molecule has 0 saturated carbocycles. The van der Waals surface area contributed by atoms with Crippen LogP contribution in [0.15, 0.2) is 65.2 Å². The molecule has 0 aliphatic carbocycles. The van der Waals surface area contributed by atoms with Crippen LogP contribution >= 0.6 is 0 Å². The quantitative estimate of drug-likeness (QED) is 0.484. The minimum absolute atomic E-state index is 0.286. The molecule has 0 atom stereocenters. The number of hydrogen-bond donors (Lipinski definition) is 0. The summed E-state index contributed by atoms with van der Waals surface area (Å²) >= 11 is 0. The highest BCUT2D eigenvalue weighted by atomic mass is 16.3. The molecule has 0 fully saturated rings. The summed E-state index contributed by atoms with van der Waals surface area (Å²) in [6, 6.07) is 16.7. The van der Waals surface area contributed by atoms with E-state index < -0.39 is 6.85 Å². The molecule has 0 spiro atoms. The van der Waals surface area contributed by atoms with E-state index in [9.17, 15) is 0 Å².